The molecule has 0 bridgehead atoms. The molecule has 198 valence electrons. The van der Waals surface area contributed by atoms with Gasteiger partial charge in [-0.2, -0.15) is 0 Å². The number of carboxylic acids is 1. The van der Waals surface area contributed by atoms with Crippen LogP contribution in [0.1, 0.15) is 116 Å². The van der Waals surface area contributed by atoms with Gasteiger partial charge >= 0.3 is 5.97 Å². The Morgan fingerprint density at radius 1 is 0.735 bits per heavy atom. The monoisotopic (exact) mass is 484 g/mol. The van der Waals surface area contributed by atoms with Crippen LogP contribution >= 0.6 is 0 Å². The molecule has 0 unspecified atom stereocenters. The summed E-state index contributed by atoms with van der Waals surface area (Å²) in [6, 6.07) is -0.613. The third-order valence-corrected chi connectivity index (χ3v) is 5.87. The van der Waals surface area contributed by atoms with Crippen molar-refractivity contribution in [2.45, 2.75) is 122 Å². The van der Waals surface area contributed by atoms with E-state index >= 15 is 0 Å². The molecule has 0 aromatic rings. The lowest BCUT2D eigenvalue weighted by Gasteiger charge is -2.12. The quantitative estimate of drug-likeness (QED) is 0.129. The standard InChI is InChI=1S/C26H48N2O6/c1-34-21-20-27-24(30)19-18-23(22-29)28-25(31)16-14-12-10-8-6-4-2-3-5-7-9-11-13-15-17-26(32)33/h22-23H,2-21H2,1H3,(H,27,30)(H,28,31)(H,32,33)/t23-/m0/s1. The van der Waals surface area contributed by atoms with E-state index in [4.69, 9.17) is 9.84 Å². The number of nitrogens with one attached hydrogen (secondary N) is 2. The highest BCUT2D eigenvalue weighted by atomic mass is 16.5. The molecule has 0 radical (unpaired) electrons. The Kier molecular flexibility index (Phi) is 22.8. The van der Waals surface area contributed by atoms with Gasteiger partial charge in [0.15, 0.2) is 0 Å². The highest BCUT2D eigenvalue weighted by molar-refractivity contribution is 5.80. The summed E-state index contributed by atoms with van der Waals surface area (Å²) in [7, 11) is 1.56. The smallest absolute Gasteiger partial charge is 0.303 e. The average Bonchev–Trinajstić information content (AvgIpc) is 2.81. The largest absolute Gasteiger partial charge is 0.481 e. The van der Waals surface area contributed by atoms with Crippen molar-refractivity contribution in [2.24, 2.45) is 0 Å². The number of methoxy groups -OCH3 is 1. The van der Waals surface area contributed by atoms with E-state index in [1.807, 2.05) is 0 Å². The van der Waals surface area contributed by atoms with Crippen LogP contribution in [-0.4, -0.2) is 55.5 Å². The predicted octanol–water partition coefficient (Wildman–Crippen LogP) is 4.54. The zero-order valence-corrected chi connectivity index (χ0v) is 21.3. The van der Waals surface area contributed by atoms with Crippen LogP contribution in [0.2, 0.25) is 0 Å². The summed E-state index contributed by atoms with van der Waals surface area (Å²) in [5.41, 5.74) is 0. The maximum atomic E-state index is 12.0. The Bertz CT molecular complexity index is 541. The Morgan fingerprint density at radius 2 is 1.21 bits per heavy atom. The van der Waals surface area contributed by atoms with Crippen LogP contribution in [0.4, 0.5) is 0 Å². The molecule has 0 heterocycles. The molecule has 0 aliphatic heterocycles. The van der Waals surface area contributed by atoms with Crippen LogP contribution in [0.25, 0.3) is 0 Å². The van der Waals surface area contributed by atoms with Gasteiger partial charge in [-0.05, 0) is 19.3 Å². The Labute approximate surface area is 206 Å². The van der Waals surface area contributed by atoms with Crippen molar-refractivity contribution in [3.05, 3.63) is 0 Å². The van der Waals surface area contributed by atoms with E-state index in [-0.39, 0.29) is 18.2 Å². The van der Waals surface area contributed by atoms with Crippen LogP contribution in [0.5, 0.6) is 0 Å². The zero-order valence-electron chi connectivity index (χ0n) is 21.3. The molecule has 0 saturated carbocycles. The zero-order chi connectivity index (χ0) is 25.3. The van der Waals surface area contributed by atoms with Crippen molar-refractivity contribution in [1.29, 1.82) is 0 Å². The molecule has 0 saturated heterocycles. The van der Waals surface area contributed by atoms with E-state index in [0.29, 0.717) is 38.7 Å². The molecule has 0 rings (SSSR count). The average molecular weight is 485 g/mol. The van der Waals surface area contributed by atoms with E-state index < -0.39 is 12.0 Å². The van der Waals surface area contributed by atoms with Crippen molar-refractivity contribution < 1.29 is 29.0 Å². The van der Waals surface area contributed by atoms with Crippen molar-refractivity contribution >= 4 is 24.1 Å². The van der Waals surface area contributed by atoms with Gasteiger partial charge in [-0.25, -0.2) is 0 Å². The molecule has 0 aromatic heterocycles. The second-order valence-corrected chi connectivity index (χ2v) is 9.04. The van der Waals surface area contributed by atoms with Crippen LogP contribution in [-0.2, 0) is 23.9 Å². The lowest BCUT2D eigenvalue weighted by molar-refractivity contribution is -0.137. The number of aliphatic carboxylic acids is 1. The fraction of sp³-hybridized carbons (Fsp3) is 0.846. The molecule has 0 aliphatic rings. The first-order valence-corrected chi connectivity index (χ1v) is 13.2. The highest BCUT2D eigenvalue weighted by Crippen LogP contribution is 2.13. The minimum Gasteiger partial charge on any atom is -0.481 e. The van der Waals surface area contributed by atoms with Crippen molar-refractivity contribution in [3.63, 3.8) is 0 Å². The van der Waals surface area contributed by atoms with Crippen molar-refractivity contribution in [2.75, 3.05) is 20.3 Å². The van der Waals surface area contributed by atoms with Gasteiger partial charge in [0, 0.05) is 32.9 Å². The number of carbonyl (C=O) groups excluding carboxylic acids is 3. The maximum Gasteiger partial charge on any atom is 0.303 e. The molecule has 2 amide bonds. The number of hydrogen-bond acceptors (Lipinski definition) is 5. The summed E-state index contributed by atoms with van der Waals surface area (Å²) in [6.45, 7) is 0.881. The minimum atomic E-state index is -0.692. The highest BCUT2D eigenvalue weighted by Gasteiger charge is 2.13. The summed E-state index contributed by atoms with van der Waals surface area (Å²) in [5, 5.41) is 14.0. The number of amides is 2. The molecule has 1 atom stereocenters. The number of ether oxygens (including phenoxy) is 1. The van der Waals surface area contributed by atoms with E-state index in [1.54, 1.807) is 7.11 Å². The second-order valence-electron chi connectivity index (χ2n) is 9.04. The normalized spacial score (nSPS) is 11.7. The number of unbranched alkanes of at least 4 members (excludes halogenated alkanes) is 13. The molecule has 8 heteroatoms. The maximum absolute atomic E-state index is 12.0. The summed E-state index contributed by atoms with van der Waals surface area (Å²) in [6.07, 6.45) is 17.8. The van der Waals surface area contributed by atoms with Crippen molar-refractivity contribution in [3.8, 4) is 0 Å². The van der Waals surface area contributed by atoms with E-state index in [2.05, 4.69) is 10.6 Å². The molecule has 0 fully saturated rings. The number of carboxylic acid groups (broad SMARTS) is 1. The third kappa shape index (κ3) is 23.2. The Balaban J connectivity index is 3.46. The van der Waals surface area contributed by atoms with E-state index in [0.717, 1.165) is 38.5 Å². The molecule has 0 aromatic carbocycles. The lowest BCUT2D eigenvalue weighted by Crippen LogP contribution is -2.37. The first kappa shape index (κ1) is 32.0. The molecular formula is C26H48N2O6. The topological polar surface area (TPSA) is 122 Å². The number of rotatable bonds is 25. The summed E-state index contributed by atoms with van der Waals surface area (Å²) < 4.78 is 4.86. The molecule has 8 nitrogen and oxygen atoms in total. The van der Waals surface area contributed by atoms with E-state index in [1.165, 1.54) is 51.4 Å². The van der Waals surface area contributed by atoms with Gasteiger partial charge in [-0.1, -0.05) is 77.0 Å². The molecule has 0 aliphatic carbocycles. The molecule has 3 N–H and O–H groups in total. The van der Waals surface area contributed by atoms with E-state index in [9.17, 15) is 19.2 Å². The van der Waals surface area contributed by atoms with Crippen molar-refractivity contribution in [1.82, 2.24) is 10.6 Å². The first-order valence-electron chi connectivity index (χ1n) is 13.2. The predicted molar refractivity (Wildman–Crippen MR) is 134 cm³/mol. The molecule has 0 spiro atoms. The number of aldehydes is 1. The minimum absolute atomic E-state index is 0.126. The SMILES string of the molecule is COCCNC(=O)CC[C@@H](C=O)NC(=O)CCCCCCCCCCCCCCCCC(=O)O. The van der Waals surface area contributed by atoms with Gasteiger partial charge in [0.25, 0.3) is 0 Å². The Hall–Kier alpha value is -1.96. The molecule has 34 heavy (non-hydrogen) atoms. The lowest BCUT2D eigenvalue weighted by atomic mass is 10.0. The summed E-state index contributed by atoms with van der Waals surface area (Å²) in [5.74, 6) is -0.968. The summed E-state index contributed by atoms with van der Waals surface area (Å²) in [4.78, 5) is 45.3. The molecular weight excluding hydrogens is 436 g/mol. The second kappa shape index (κ2) is 24.2. The number of carbonyl (C=O) groups is 4. The first-order chi connectivity index (χ1) is 16.5. The third-order valence-electron chi connectivity index (χ3n) is 5.87. The van der Waals surface area contributed by atoms with Gasteiger partial charge in [-0.15, -0.1) is 0 Å². The van der Waals surface area contributed by atoms with Crippen LogP contribution in [0.15, 0.2) is 0 Å². The fourth-order valence-corrected chi connectivity index (χ4v) is 3.80. The Morgan fingerprint density at radius 3 is 1.65 bits per heavy atom. The van der Waals surface area contributed by atoms with Crippen LogP contribution in [0.3, 0.4) is 0 Å². The van der Waals surface area contributed by atoms with Crippen LogP contribution < -0.4 is 10.6 Å². The number of hydrogen-bond donors (Lipinski definition) is 3. The van der Waals surface area contributed by atoms with Gasteiger partial charge < -0.3 is 25.3 Å². The van der Waals surface area contributed by atoms with Crippen LogP contribution in [0, 0.1) is 0 Å². The van der Waals surface area contributed by atoms with Gasteiger partial charge in [0.2, 0.25) is 11.8 Å². The van der Waals surface area contributed by atoms with Gasteiger partial charge in [0.05, 0.1) is 12.6 Å². The van der Waals surface area contributed by atoms with Gasteiger partial charge in [0.1, 0.15) is 6.29 Å². The van der Waals surface area contributed by atoms with Gasteiger partial charge in [-0.3, -0.25) is 14.4 Å². The summed E-state index contributed by atoms with van der Waals surface area (Å²) >= 11 is 0. The fourth-order valence-electron chi connectivity index (χ4n) is 3.80.